The lowest BCUT2D eigenvalue weighted by Crippen LogP contribution is -2.40. The Morgan fingerprint density at radius 2 is 2.00 bits per heavy atom. The summed E-state index contributed by atoms with van der Waals surface area (Å²) in [5.74, 6) is -0.0698. The van der Waals surface area contributed by atoms with Crippen LogP contribution in [-0.4, -0.2) is 27.3 Å². The zero-order chi connectivity index (χ0) is 12.5. The molecule has 0 saturated heterocycles. The molecule has 1 aliphatic rings. The van der Waals surface area contributed by atoms with Crippen molar-refractivity contribution in [3.63, 3.8) is 0 Å². The maximum absolute atomic E-state index is 12.3. The zero-order valence-electron chi connectivity index (χ0n) is 9.78. The summed E-state index contributed by atoms with van der Waals surface area (Å²) in [6.07, 6.45) is 0. The first-order valence-electron chi connectivity index (χ1n) is 5.84. The van der Waals surface area contributed by atoms with Crippen molar-refractivity contribution in [2.24, 2.45) is 0 Å². The van der Waals surface area contributed by atoms with Gasteiger partial charge in [0.2, 0.25) is 0 Å². The van der Waals surface area contributed by atoms with Crippen molar-refractivity contribution in [1.82, 2.24) is 9.78 Å². The molecule has 1 amide bonds. The lowest BCUT2D eigenvalue weighted by atomic mass is 10.2. The third-order valence-electron chi connectivity index (χ3n) is 3.06. The maximum Gasteiger partial charge on any atom is 0.276 e. The van der Waals surface area contributed by atoms with Crippen molar-refractivity contribution < 1.29 is 9.90 Å². The zero-order valence-corrected chi connectivity index (χ0v) is 9.78. The van der Waals surface area contributed by atoms with E-state index in [0.29, 0.717) is 24.5 Å². The van der Waals surface area contributed by atoms with Gasteiger partial charge in [-0.05, 0) is 18.2 Å². The van der Waals surface area contributed by atoms with E-state index in [1.165, 1.54) is 0 Å². The highest BCUT2D eigenvalue weighted by molar-refractivity contribution is 6.05. The van der Waals surface area contributed by atoms with Gasteiger partial charge in [-0.25, -0.2) is 0 Å². The summed E-state index contributed by atoms with van der Waals surface area (Å²) in [5, 5.41) is 13.2. The summed E-state index contributed by atoms with van der Waals surface area (Å²) in [6, 6.07) is 11.2. The molecular formula is C13H13N3O2. The lowest BCUT2D eigenvalue weighted by Gasteiger charge is -2.27. The van der Waals surface area contributed by atoms with Crippen LogP contribution >= 0.6 is 0 Å². The second-order valence-electron chi connectivity index (χ2n) is 4.19. The normalized spacial score (nSPS) is 14.7. The van der Waals surface area contributed by atoms with Crippen molar-refractivity contribution in [1.29, 1.82) is 0 Å². The minimum atomic E-state index is -0.140. The Morgan fingerprint density at radius 3 is 2.72 bits per heavy atom. The predicted octanol–water partition coefficient (Wildman–Crippen LogP) is 1.04. The van der Waals surface area contributed by atoms with E-state index in [0.717, 1.165) is 5.69 Å². The maximum atomic E-state index is 12.3. The highest BCUT2D eigenvalue weighted by Gasteiger charge is 2.27. The molecule has 0 radical (unpaired) electrons. The van der Waals surface area contributed by atoms with Gasteiger partial charge in [0.25, 0.3) is 5.91 Å². The second-order valence-corrected chi connectivity index (χ2v) is 4.19. The van der Waals surface area contributed by atoms with Crippen LogP contribution in [0.15, 0.2) is 36.4 Å². The van der Waals surface area contributed by atoms with Gasteiger partial charge < -0.3 is 10.0 Å². The molecule has 18 heavy (non-hydrogen) atoms. The van der Waals surface area contributed by atoms with Crippen molar-refractivity contribution >= 4 is 11.6 Å². The van der Waals surface area contributed by atoms with E-state index in [-0.39, 0.29) is 12.5 Å². The molecule has 0 unspecified atom stereocenters. The van der Waals surface area contributed by atoms with Gasteiger partial charge >= 0.3 is 0 Å². The van der Waals surface area contributed by atoms with Crippen molar-refractivity contribution in [2.45, 2.75) is 13.2 Å². The fourth-order valence-corrected chi connectivity index (χ4v) is 2.18. The molecule has 0 saturated carbocycles. The average molecular weight is 243 g/mol. The highest BCUT2D eigenvalue weighted by atomic mass is 16.3. The van der Waals surface area contributed by atoms with Crippen molar-refractivity contribution in [2.75, 3.05) is 11.4 Å². The smallest absolute Gasteiger partial charge is 0.276 e. The predicted molar refractivity (Wildman–Crippen MR) is 66.3 cm³/mol. The minimum absolute atomic E-state index is 0.0698. The van der Waals surface area contributed by atoms with Crippen LogP contribution in [0.5, 0.6) is 0 Å². The fourth-order valence-electron chi connectivity index (χ4n) is 2.18. The number of hydrogen-bond donors (Lipinski definition) is 1. The summed E-state index contributed by atoms with van der Waals surface area (Å²) >= 11 is 0. The molecule has 0 aliphatic carbocycles. The molecule has 92 valence electrons. The van der Waals surface area contributed by atoms with Crippen molar-refractivity contribution in [3.05, 3.63) is 47.8 Å². The van der Waals surface area contributed by atoms with Gasteiger partial charge in [0.1, 0.15) is 5.69 Å². The van der Waals surface area contributed by atoms with Gasteiger partial charge in [-0.15, -0.1) is 0 Å². The number of aliphatic hydroxyl groups is 1. The molecule has 0 bridgehead atoms. The van der Waals surface area contributed by atoms with Gasteiger partial charge in [-0.3, -0.25) is 9.48 Å². The Kier molecular flexibility index (Phi) is 2.60. The SMILES string of the molecule is O=C1c2cc(CO)nn2CCN1c1ccccc1. The number of hydrogen-bond acceptors (Lipinski definition) is 3. The molecule has 5 heteroatoms. The van der Waals surface area contributed by atoms with E-state index >= 15 is 0 Å². The Labute approximate surface area is 104 Å². The number of carbonyl (C=O) groups excluding carboxylic acids is 1. The number of aliphatic hydroxyl groups excluding tert-OH is 1. The molecule has 1 aromatic carbocycles. The van der Waals surface area contributed by atoms with E-state index in [1.807, 2.05) is 30.3 Å². The second kappa shape index (κ2) is 4.27. The van der Waals surface area contributed by atoms with Crippen LogP contribution in [0, 0.1) is 0 Å². The van der Waals surface area contributed by atoms with E-state index < -0.39 is 0 Å². The van der Waals surface area contributed by atoms with Gasteiger partial charge in [0.05, 0.1) is 18.8 Å². The number of aromatic nitrogens is 2. The molecule has 1 aliphatic heterocycles. The molecule has 5 nitrogen and oxygen atoms in total. The summed E-state index contributed by atoms with van der Waals surface area (Å²) in [6.45, 7) is 1.11. The van der Waals surface area contributed by atoms with Gasteiger partial charge in [0, 0.05) is 12.2 Å². The van der Waals surface area contributed by atoms with Crippen LogP contribution in [0.25, 0.3) is 0 Å². The number of rotatable bonds is 2. The molecule has 3 rings (SSSR count). The van der Waals surface area contributed by atoms with Crippen LogP contribution in [-0.2, 0) is 13.2 Å². The van der Waals surface area contributed by atoms with E-state index in [1.54, 1.807) is 15.6 Å². The summed E-state index contributed by atoms with van der Waals surface area (Å²) in [4.78, 5) is 14.1. The molecular weight excluding hydrogens is 230 g/mol. The summed E-state index contributed by atoms with van der Waals surface area (Å²) in [5.41, 5.74) is 1.96. The van der Waals surface area contributed by atoms with E-state index in [2.05, 4.69) is 5.10 Å². The quantitative estimate of drug-likeness (QED) is 0.857. The monoisotopic (exact) mass is 243 g/mol. The average Bonchev–Trinajstić information content (AvgIpc) is 2.84. The van der Waals surface area contributed by atoms with Gasteiger partial charge in [-0.1, -0.05) is 18.2 Å². The molecule has 0 atom stereocenters. The minimum Gasteiger partial charge on any atom is -0.390 e. The number of para-hydroxylation sites is 1. The van der Waals surface area contributed by atoms with Crippen LogP contribution in [0.4, 0.5) is 5.69 Å². The summed E-state index contributed by atoms with van der Waals surface area (Å²) in [7, 11) is 0. The first kappa shape index (κ1) is 11.0. The van der Waals surface area contributed by atoms with E-state index in [9.17, 15) is 4.79 Å². The Morgan fingerprint density at radius 1 is 1.22 bits per heavy atom. The first-order valence-corrected chi connectivity index (χ1v) is 5.84. The molecule has 0 fully saturated rings. The molecule has 2 aromatic rings. The van der Waals surface area contributed by atoms with Crippen LogP contribution in [0.1, 0.15) is 16.2 Å². The Hall–Kier alpha value is -2.14. The number of nitrogens with zero attached hydrogens (tertiary/aromatic N) is 3. The lowest BCUT2D eigenvalue weighted by molar-refractivity contribution is 0.0962. The van der Waals surface area contributed by atoms with Crippen LogP contribution < -0.4 is 4.90 Å². The number of anilines is 1. The summed E-state index contributed by atoms with van der Waals surface area (Å²) < 4.78 is 1.66. The van der Waals surface area contributed by atoms with Crippen LogP contribution in [0.2, 0.25) is 0 Å². The van der Waals surface area contributed by atoms with Gasteiger partial charge in [-0.2, -0.15) is 5.10 Å². The Bertz CT molecular complexity index is 577. The topological polar surface area (TPSA) is 58.4 Å². The number of fused-ring (bicyclic) bond motifs is 1. The molecule has 1 aromatic heterocycles. The van der Waals surface area contributed by atoms with Gasteiger partial charge in [0.15, 0.2) is 0 Å². The third-order valence-corrected chi connectivity index (χ3v) is 3.06. The standard InChI is InChI=1S/C13H13N3O2/c17-9-10-8-12-13(18)15(6-7-16(12)14-10)11-4-2-1-3-5-11/h1-5,8,17H,6-7,9H2. The number of amides is 1. The first-order chi connectivity index (χ1) is 8.79. The van der Waals surface area contributed by atoms with Crippen molar-refractivity contribution in [3.8, 4) is 0 Å². The highest BCUT2D eigenvalue weighted by Crippen LogP contribution is 2.21. The molecule has 1 N–H and O–H groups in total. The molecule has 0 spiro atoms. The number of benzene rings is 1. The van der Waals surface area contributed by atoms with Crippen LogP contribution in [0.3, 0.4) is 0 Å². The Balaban J connectivity index is 1.96. The molecule has 2 heterocycles. The third kappa shape index (κ3) is 1.69. The fraction of sp³-hybridized carbons (Fsp3) is 0.231. The number of carbonyl (C=O) groups is 1. The largest absolute Gasteiger partial charge is 0.390 e. The van der Waals surface area contributed by atoms with E-state index in [4.69, 9.17) is 5.11 Å².